The van der Waals surface area contributed by atoms with Crippen LogP contribution in [0.5, 0.6) is 0 Å². The van der Waals surface area contributed by atoms with Crippen molar-refractivity contribution in [2.45, 2.75) is 13.0 Å². The van der Waals surface area contributed by atoms with Gasteiger partial charge in [-0.25, -0.2) is 0 Å². The lowest BCUT2D eigenvalue weighted by Gasteiger charge is -2.14. The molecule has 2 heterocycles. The van der Waals surface area contributed by atoms with Crippen LogP contribution in [0.15, 0.2) is 72.9 Å². The number of nitrogens with zero attached hydrogens (tertiary/aromatic N) is 3. The van der Waals surface area contributed by atoms with Crippen molar-refractivity contribution in [3.8, 4) is 11.4 Å². The standard InChI is InChI=1S/C21H17ClN4O/c1-14(15-5-3-2-4-6-15)23-21(27)17-11-12-26-19(13-17)24-25-20(26)16-7-9-18(22)10-8-16/h2-14H,1H3,(H,23,27). The molecule has 1 N–H and O–H groups in total. The lowest BCUT2D eigenvalue weighted by molar-refractivity contribution is 0.0940. The summed E-state index contributed by atoms with van der Waals surface area (Å²) in [5.74, 6) is 0.552. The first-order valence-corrected chi connectivity index (χ1v) is 8.96. The molecule has 2 aromatic carbocycles. The molecule has 27 heavy (non-hydrogen) atoms. The molecule has 5 nitrogen and oxygen atoms in total. The predicted molar refractivity (Wildman–Crippen MR) is 106 cm³/mol. The second-order valence-electron chi connectivity index (χ2n) is 6.28. The summed E-state index contributed by atoms with van der Waals surface area (Å²) < 4.78 is 1.85. The van der Waals surface area contributed by atoms with E-state index in [9.17, 15) is 4.79 Å². The molecule has 2 aromatic heterocycles. The quantitative estimate of drug-likeness (QED) is 0.568. The van der Waals surface area contributed by atoms with Crippen LogP contribution in [0.2, 0.25) is 5.02 Å². The fourth-order valence-electron chi connectivity index (χ4n) is 2.93. The summed E-state index contributed by atoms with van der Waals surface area (Å²) in [6.07, 6.45) is 1.81. The third-order valence-electron chi connectivity index (χ3n) is 4.42. The summed E-state index contributed by atoms with van der Waals surface area (Å²) in [7, 11) is 0. The normalized spacial score (nSPS) is 12.1. The number of aromatic nitrogens is 3. The van der Waals surface area contributed by atoms with Crippen molar-refractivity contribution in [3.63, 3.8) is 0 Å². The second kappa shape index (κ2) is 7.21. The van der Waals surface area contributed by atoms with Crippen LogP contribution < -0.4 is 5.32 Å². The fraction of sp³-hybridized carbons (Fsp3) is 0.0952. The zero-order chi connectivity index (χ0) is 18.8. The number of fused-ring (bicyclic) bond motifs is 1. The van der Waals surface area contributed by atoms with E-state index in [1.165, 1.54) is 0 Å². The third kappa shape index (κ3) is 3.55. The Morgan fingerprint density at radius 3 is 2.52 bits per heavy atom. The number of hydrogen-bond acceptors (Lipinski definition) is 3. The number of benzene rings is 2. The predicted octanol–water partition coefficient (Wildman–Crippen LogP) is 4.54. The Balaban J connectivity index is 1.59. The monoisotopic (exact) mass is 376 g/mol. The van der Waals surface area contributed by atoms with Crippen molar-refractivity contribution in [1.29, 1.82) is 0 Å². The molecule has 0 aliphatic rings. The maximum absolute atomic E-state index is 12.6. The Hall–Kier alpha value is -3.18. The van der Waals surface area contributed by atoms with Gasteiger partial charge in [-0.2, -0.15) is 0 Å². The van der Waals surface area contributed by atoms with Gasteiger partial charge >= 0.3 is 0 Å². The van der Waals surface area contributed by atoms with Gasteiger partial charge in [0, 0.05) is 22.3 Å². The van der Waals surface area contributed by atoms with Gasteiger partial charge in [-0.15, -0.1) is 10.2 Å². The van der Waals surface area contributed by atoms with Gasteiger partial charge in [0.25, 0.3) is 5.91 Å². The first kappa shape index (κ1) is 17.2. The van der Waals surface area contributed by atoms with Gasteiger partial charge in [-0.3, -0.25) is 9.20 Å². The molecule has 0 bridgehead atoms. The first-order chi connectivity index (χ1) is 13.1. The summed E-state index contributed by atoms with van der Waals surface area (Å²) in [5, 5.41) is 12.1. The molecular weight excluding hydrogens is 360 g/mol. The van der Waals surface area contributed by atoms with Gasteiger partial charge in [-0.1, -0.05) is 41.9 Å². The maximum atomic E-state index is 12.6. The molecule has 134 valence electrons. The van der Waals surface area contributed by atoms with Crippen molar-refractivity contribution >= 4 is 23.2 Å². The fourth-order valence-corrected chi connectivity index (χ4v) is 3.06. The van der Waals surface area contributed by atoms with Crippen LogP contribution in [0.4, 0.5) is 0 Å². The SMILES string of the molecule is CC(NC(=O)c1ccn2c(-c3ccc(Cl)cc3)nnc2c1)c1ccccc1. The van der Waals surface area contributed by atoms with E-state index in [0.29, 0.717) is 22.1 Å². The molecule has 0 radical (unpaired) electrons. The largest absolute Gasteiger partial charge is 0.346 e. The number of carbonyl (C=O) groups is 1. The average Bonchev–Trinajstić information content (AvgIpc) is 3.12. The van der Waals surface area contributed by atoms with Crippen molar-refractivity contribution < 1.29 is 4.79 Å². The van der Waals surface area contributed by atoms with Crippen LogP contribution in [0, 0.1) is 0 Å². The van der Waals surface area contributed by atoms with Crippen LogP contribution in [-0.4, -0.2) is 20.5 Å². The van der Waals surface area contributed by atoms with Crippen molar-refractivity contribution in [2.24, 2.45) is 0 Å². The summed E-state index contributed by atoms with van der Waals surface area (Å²) in [6.45, 7) is 1.96. The molecule has 4 rings (SSSR count). The van der Waals surface area contributed by atoms with Crippen LogP contribution in [0.25, 0.3) is 17.0 Å². The number of carbonyl (C=O) groups excluding carboxylic acids is 1. The Morgan fingerprint density at radius 1 is 1.04 bits per heavy atom. The van der Waals surface area contributed by atoms with Gasteiger partial charge in [0.1, 0.15) is 0 Å². The summed E-state index contributed by atoms with van der Waals surface area (Å²) >= 11 is 5.95. The minimum Gasteiger partial charge on any atom is -0.346 e. The van der Waals surface area contributed by atoms with Gasteiger partial charge in [0.05, 0.1) is 6.04 Å². The number of pyridine rings is 1. The minimum atomic E-state index is -0.148. The van der Waals surface area contributed by atoms with Crippen molar-refractivity contribution in [2.75, 3.05) is 0 Å². The number of hydrogen-bond donors (Lipinski definition) is 1. The van der Waals surface area contributed by atoms with Crippen LogP contribution in [0.3, 0.4) is 0 Å². The van der Waals surface area contributed by atoms with Gasteiger partial charge in [-0.05, 0) is 48.9 Å². The zero-order valence-electron chi connectivity index (χ0n) is 14.6. The maximum Gasteiger partial charge on any atom is 0.251 e. The van der Waals surface area contributed by atoms with E-state index in [1.54, 1.807) is 18.3 Å². The summed E-state index contributed by atoms with van der Waals surface area (Å²) in [6, 6.07) is 20.7. The molecular formula is C21H17ClN4O. The highest BCUT2D eigenvalue weighted by atomic mass is 35.5. The third-order valence-corrected chi connectivity index (χ3v) is 4.67. The molecule has 0 aliphatic carbocycles. The zero-order valence-corrected chi connectivity index (χ0v) is 15.4. The van der Waals surface area contributed by atoms with E-state index in [-0.39, 0.29) is 11.9 Å². The molecule has 0 aliphatic heterocycles. The Kier molecular flexibility index (Phi) is 4.60. The van der Waals surface area contributed by atoms with Crippen molar-refractivity contribution in [3.05, 3.63) is 89.1 Å². The van der Waals surface area contributed by atoms with E-state index in [0.717, 1.165) is 11.1 Å². The number of amides is 1. The Labute approximate surface area is 161 Å². The number of nitrogens with one attached hydrogen (secondary N) is 1. The number of halogens is 1. The van der Waals surface area contributed by atoms with Crippen LogP contribution in [0.1, 0.15) is 28.9 Å². The highest BCUT2D eigenvalue weighted by Gasteiger charge is 2.14. The molecule has 1 amide bonds. The van der Waals surface area contributed by atoms with Gasteiger partial charge < -0.3 is 5.32 Å². The topological polar surface area (TPSA) is 59.3 Å². The summed E-state index contributed by atoms with van der Waals surface area (Å²) in [4.78, 5) is 12.6. The highest BCUT2D eigenvalue weighted by Crippen LogP contribution is 2.21. The van der Waals surface area contributed by atoms with E-state index >= 15 is 0 Å². The van der Waals surface area contributed by atoms with Crippen LogP contribution in [-0.2, 0) is 0 Å². The molecule has 0 saturated carbocycles. The van der Waals surface area contributed by atoms with Gasteiger partial charge in [0.15, 0.2) is 11.5 Å². The molecule has 1 atom stereocenters. The van der Waals surface area contributed by atoms with E-state index < -0.39 is 0 Å². The van der Waals surface area contributed by atoms with Gasteiger partial charge in [0.2, 0.25) is 0 Å². The molecule has 0 fully saturated rings. The first-order valence-electron chi connectivity index (χ1n) is 8.58. The lowest BCUT2D eigenvalue weighted by atomic mass is 10.1. The molecule has 0 saturated heterocycles. The van der Waals surface area contributed by atoms with E-state index in [2.05, 4.69) is 15.5 Å². The van der Waals surface area contributed by atoms with E-state index in [1.807, 2.05) is 65.9 Å². The minimum absolute atomic E-state index is 0.0857. The average molecular weight is 377 g/mol. The number of rotatable bonds is 4. The summed E-state index contributed by atoms with van der Waals surface area (Å²) in [5.41, 5.74) is 3.11. The Bertz CT molecular complexity index is 1090. The highest BCUT2D eigenvalue weighted by molar-refractivity contribution is 6.30. The van der Waals surface area contributed by atoms with Crippen molar-refractivity contribution in [1.82, 2.24) is 19.9 Å². The molecule has 1 unspecified atom stereocenters. The lowest BCUT2D eigenvalue weighted by Crippen LogP contribution is -2.26. The smallest absolute Gasteiger partial charge is 0.251 e. The molecule has 6 heteroatoms. The second-order valence-corrected chi connectivity index (χ2v) is 6.72. The van der Waals surface area contributed by atoms with E-state index in [4.69, 9.17) is 11.6 Å². The Morgan fingerprint density at radius 2 is 1.78 bits per heavy atom. The molecule has 4 aromatic rings. The van der Waals surface area contributed by atoms with Crippen LogP contribution >= 0.6 is 11.6 Å². The molecule has 0 spiro atoms.